The molecule has 0 saturated heterocycles. The largest absolute Gasteiger partial charge is 0.0831 e. The highest BCUT2D eigenvalue weighted by Gasteiger charge is 2.06. The van der Waals surface area contributed by atoms with E-state index in [0.29, 0.717) is 5.25 Å². The maximum atomic E-state index is 2.26. The van der Waals surface area contributed by atoms with E-state index in [4.69, 9.17) is 0 Å². The molecule has 0 nitrogen and oxygen atoms in total. The first-order valence-electron chi connectivity index (χ1n) is 4.67. The molecule has 1 aromatic carbocycles. The third-order valence-electron chi connectivity index (χ3n) is 1.95. The van der Waals surface area contributed by atoms with Gasteiger partial charge >= 0.3 is 0 Å². The summed E-state index contributed by atoms with van der Waals surface area (Å²) < 4.78 is 0. The van der Waals surface area contributed by atoms with E-state index in [2.05, 4.69) is 54.6 Å². The van der Waals surface area contributed by atoms with Gasteiger partial charge in [0.25, 0.3) is 0 Å². The molecule has 14 heavy (non-hydrogen) atoms. The molecular weight excluding hydrogens is 208 g/mol. The van der Waals surface area contributed by atoms with Gasteiger partial charge in [-0.05, 0) is 18.6 Å². The molecule has 1 aliphatic rings. The van der Waals surface area contributed by atoms with Gasteiger partial charge in [0.2, 0.25) is 0 Å². The Morgan fingerprint density at radius 3 is 2.64 bits per heavy atom. The Balaban J connectivity index is 1.83. The van der Waals surface area contributed by atoms with Crippen molar-refractivity contribution in [2.75, 3.05) is 0 Å². The van der Waals surface area contributed by atoms with Gasteiger partial charge in [-0.3, -0.25) is 0 Å². The first kappa shape index (κ1) is 9.94. The predicted molar refractivity (Wildman–Crippen MR) is 66.6 cm³/mol. The van der Waals surface area contributed by atoms with Crippen molar-refractivity contribution in [2.45, 2.75) is 16.6 Å². The van der Waals surface area contributed by atoms with Crippen molar-refractivity contribution in [1.82, 2.24) is 0 Å². The molecule has 0 saturated carbocycles. The van der Waals surface area contributed by atoms with E-state index in [1.165, 1.54) is 4.90 Å². The fraction of sp³-hybridized carbons (Fsp3) is 0.167. The van der Waals surface area contributed by atoms with Gasteiger partial charge < -0.3 is 0 Å². The SMILES string of the molecule is C1=CCC(SSc2ccccc2)C=C1. The lowest BCUT2D eigenvalue weighted by molar-refractivity contribution is 1.06. The van der Waals surface area contributed by atoms with Crippen molar-refractivity contribution >= 4 is 21.6 Å². The molecule has 0 N–H and O–H groups in total. The van der Waals surface area contributed by atoms with Gasteiger partial charge in [-0.25, -0.2) is 0 Å². The van der Waals surface area contributed by atoms with Crippen molar-refractivity contribution < 1.29 is 0 Å². The van der Waals surface area contributed by atoms with Crippen LogP contribution in [0, 0.1) is 0 Å². The minimum absolute atomic E-state index is 0.630. The average Bonchev–Trinajstić information content (AvgIpc) is 2.29. The highest BCUT2D eigenvalue weighted by atomic mass is 33.1. The molecule has 72 valence electrons. The molecule has 0 radical (unpaired) electrons. The van der Waals surface area contributed by atoms with Crippen LogP contribution in [0.2, 0.25) is 0 Å². The molecule has 2 rings (SSSR count). The normalized spacial score (nSPS) is 19.9. The first-order valence-corrected chi connectivity index (χ1v) is 6.88. The van der Waals surface area contributed by atoms with Crippen LogP contribution in [0.25, 0.3) is 0 Å². The van der Waals surface area contributed by atoms with E-state index >= 15 is 0 Å². The summed E-state index contributed by atoms with van der Waals surface area (Å²) in [5.41, 5.74) is 0. The third kappa shape index (κ3) is 2.96. The van der Waals surface area contributed by atoms with Crippen LogP contribution >= 0.6 is 21.6 Å². The zero-order valence-electron chi connectivity index (χ0n) is 7.80. The van der Waals surface area contributed by atoms with Crippen molar-refractivity contribution in [3.05, 3.63) is 54.6 Å². The van der Waals surface area contributed by atoms with Crippen molar-refractivity contribution in [2.24, 2.45) is 0 Å². The molecule has 0 aliphatic heterocycles. The second-order valence-electron chi connectivity index (χ2n) is 3.08. The van der Waals surface area contributed by atoms with E-state index < -0.39 is 0 Å². The Hall–Kier alpha value is -0.600. The second kappa shape index (κ2) is 5.32. The van der Waals surface area contributed by atoms with Crippen molar-refractivity contribution in [3.63, 3.8) is 0 Å². The van der Waals surface area contributed by atoms with Gasteiger partial charge in [-0.2, -0.15) is 0 Å². The monoisotopic (exact) mass is 220 g/mol. The van der Waals surface area contributed by atoms with Crippen molar-refractivity contribution in [3.8, 4) is 0 Å². The summed E-state index contributed by atoms with van der Waals surface area (Å²) in [6.07, 6.45) is 9.89. The molecule has 1 unspecified atom stereocenters. The van der Waals surface area contributed by atoms with E-state index in [-0.39, 0.29) is 0 Å². The van der Waals surface area contributed by atoms with Crippen LogP contribution in [0.3, 0.4) is 0 Å². The highest BCUT2D eigenvalue weighted by Crippen LogP contribution is 2.36. The van der Waals surface area contributed by atoms with Gasteiger partial charge in [-0.1, -0.05) is 64.1 Å². The Morgan fingerprint density at radius 2 is 1.93 bits per heavy atom. The zero-order chi connectivity index (χ0) is 9.64. The van der Waals surface area contributed by atoms with Crippen LogP contribution in [0.15, 0.2) is 59.5 Å². The topological polar surface area (TPSA) is 0 Å². The summed E-state index contributed by atoms with van der Waals surface area (Å²) in [5.74, 6) is 0. The minimum Gasteiger partial charge on any atom is -0.0831 e. The number of hydrogen-bond acceptors (Lipinski definition) is 2. The first-order chi connectivity index (χ1) is 6.95. The molecule has 0 bridgehead atoms. The van der Waals surface area contributed by atoms with E-state index in [9.17, 15) is 0 Å². The lowest BCUT2D eigenvalue weighted by atomic mass is 10.2. The van der Waals surface area contributed by atoms with E-state index in [1.54, 1.807) is 0 Å². The van der Waals surface area contributed by atoms with Crippen molar-refractivity contribution in [1.29, 1.82) is 0 Å². The highest BCUT2D eigenvalue weighted by molar-refractivity contribution is 8.77. The second-order valence-corrected chi connectivity index (χ2v) is 5.59. The summed E-state index contributed by atoms with van der Waals surface area (Å²) in [7, 11) is 3.79. The fourth-order valence-electron chi connectivity index (χ4n) is 1.22. The van der Waals surface area contributed by atoms with Gasteiger partial charge in [0, 0.05) is 10.1 Å². The molecular formula is C12H12S2. The van der Waals surface area contributed by atoms with Crippen LogP contribution in [0.4, 0.5) is 0 Å². The summed E-state index contributed by atoms with van der Waals surface area (Å²) in [5, 5.41) is 0.630. The Kier molecular flexibility index (Phi) is 3.78. The van der Waals surface area contributed by atoms with Gasteiger partial charge in [0.1, 0.15) is 0 Å². The summed E-state index contributed by atoms with van der Waals surface area (Å²) in [6, 6.07) is 10.5. The molecule has 2 heteroatoms. The Labute approximate surface area is 92.9 Å². The molecule has 1 aromatic rings. The smallest absolute Gasteiger partial charge is 0.0372 e. The predicted octanol–water partition coefficient (Wildman–Crippen LogP) is 4.31. The van der Waals surface area contributed by atoms with Gasteiger partial charge in [-0.15, -0.1) is 0 Å². The molecule has 0 amide bonds. The molecule has 0 spiro atoms. The number of rotatable bonds is 3. The average molecular weight is 220 g/mol. The molecule has 1 aliphatic carbocycles. The Bertz CT molecular complexity index is 327. The maximum absolute atomic E-state index is 2.26. The van der Waals surface area contributed by atoms with Crippen LogP contribution in [-0.4, -0.2) is 5.25 Å². The minimum atomic E-state index is 0.630. The quantitative estimate of drug-likeness (QED) is 0.696. The lowest BCUT2D eigenvalue weighted by Crippen LogP contribution is -1.95. The summed E-state index contributed by atoms with van der Waals surface area (Å²) in [6.45, 7) is 0. The number of hydrogen-bond donors (Lipinski definition) is 0. The van der Waals surface area contributed by atoms with Gasteiger partial charge in [0.15, 0.2) is 0 Å². The maximum Gasteiger partial charge on any atom is 0.0372 e. The Morgan fingerprint density at radius 1 is 1.07 bits per heavy atom. The van der Waals surface area contributed by atoms with Crippen LogP contribution in [0.5, 0.6) is 0 Å². The fourth-order valence-corrected chi connectivity index (χ4v) is 3.54. The van der Waals surface area contributed by atoms with Crippen LogP contribution < -0.4 is 0 Å². The summed E-state index contributed by atoms with van der Waals surface area (Å²) in [4.78, 5) is 1.33. The van der Waals surface area contributed by atoms with Crippen LogP contribution in [-0.2, 0) is 0 Å². The molecule has 0 fully saturated rings. The van der Waals surface area contributed by atoms with E-state index in [1.807, 2.05) is 21.6 Å². The molecule has 1 atom stereocenters. The number of allylic oxidation sites excluding steroid dienone is 3. The lowest BCUT2D eigenvalue weighted by Gasteiger charge is -2.10. The molecule has 0 heterocycles. The summed E-state index contributed by atoms with van der Waals surface area (Å²) >= 11 is 0. The van der Waals surface area contributed by atoms with E-state index in [0.717, 1.165) is 6.42 Å². The number of benzene rings is 1. The molecule has 0 aromatic heterocycles. The standard InChI is InChI=1S/C12H12S2/c1-3-7-11(8-4-1)13-14-12-9-5-2-6-10-12/h1-9,12H,10H2. The van der Waals surface area contributed by atoms with Gasteiger partial charge in [0.05, 0.1) is 0 Å². The zero-order valence-corrected chi connectivity index (χ0v) is 9.43. The van der Waals surface area contributed by atoms with Crippen LogP contribution in [0.1, 0.15) is 6.42 Å². The third-order valence-corrected chi connectivity index (χ3v) is 4.72.